The van der Waals surface area contributed by atoms with Crippen molar-refractivity contribution in [2.45, 2.75) is 32.2 Å². The lowest BCUT2D eigenvalue weighted by atomic mass is 9.81. The van der Waals surface area contributed by atoms with Crippen molar-refractivity contribution < 1.29 is 19.1 Å². The number of fused-ring (bicyclic) bond motifs is 1. The number of amides is 2. The van der Waals surface area contributed by atoms with Crippen LogP contribution < -0.4 is 20.1 Å². The van der Waals surface area contributed by atoms with E-state index < -0.39 is 0 Å². The van der Waals surface area contributed by atoms with Crippen LogP contribution in [0.25, 0.3) is 0 Å². The molecule has 2 aliphatic rings. The van der Waals surface area contributed by atoms with Gasteiger partial charge in [0.2, 0.25) is 18.6 Å². The molecule has 146 valence electrons. The predicted octanol–water partition coefficient (Wildman–Crippen LogP) is 3.48. The van der Waals surface area contributed by atoms with E-state index in [1.165, 1.54) is 0 Å². The number of hydrogen-bond donors (Lipinski definition) is 2. The Bertz CT molecular complexity index is 845. The highest BCUT2D eigenvalue weighted by Crippen LogP contribution is 2.33. The minimum absolute atomic E-state index is 0.0295. The van der Waals surface area contributed by atoms with E-state index in [9.17, 15) is 9.59 Å². The Hall–Kier alpha value is -3.02. The number of benzene rings is 2. The Kier molecular flexibility index (Phi) is 5.46. The molecule has 0 radical (unpaired) electrons. The van der Waals surface area contributed by atoms with Crippen LogP contribution in [0.1, 0.15) is 31.2 Å². The highest BCUT2D eigenvalue weighted by molar-refractivity contribution is 5.92. The summed E-state index contributed by atoms with van der Waals surface area (Å²) in [5, 5.41) is 5.97. The van der Waals surface area contributed by atoms with Crippen LogP contribution in [-0.2, 0) is 16.1 Å². The van der Waals surface area contributed by atoms with Gasteiger partial charge in [-0.2, -0.15) is 0 Å². The van der Waals surface area contributed by atoms with Gasteiger partial charge >= 0.3 is 0 Å². The number of nitrogens with one attached hydrogen (secondary N) is 2. The average molecular weight is 380 g/mol. The summed E-state index contributed by atoms with van der Waals surface area (Å²) in [6, 6.07) is 15.2. The van der Waals surface area contributed by atoms with Crippen LogP contribution in [0.15, 0.2) is 48.5 Å². The van der Waals surface area contributed by atoms with Gasteiger partial charge in [0, 0.05) is 24.1 Å². The summed E-state index contributed by atoms with van der Waals surface area (Å²) < 4.78 is 10.7. The number of ether oxygens (including phenoxy) is 2. The minimum Gasteiger partial charge on any atom is -0.454 e. The molecule has 4 rings (SSSR count). The van der Waals surface area contributed by atoms with E-state index in [2.05, 4.69) is 10.6 Å². The molecule has 2 amide bonds. The Morgan fingerprint density at radius 1 is 0.857 bits per heavy atom. The van der Waals surface area contributed by atoms with Crippen molar-refractivity contribution in [3.8, 4) is 11.5 Å². The third-order valence-corrected chi connectivity index (χ3v) is 5.41. The van der Waals surface area contributed by atoms with Gasteiger partial charge in [0.15, 0.2) is 11.5 Å². The van der Waals surface area contributed by atoms with Crippen LogP contribution >= 0.6 is 0 Å². The summed E-state index contributed by atoms with van der Waals surface area (Å²) in [4.78, 5) is 24.9. The van der Waals surface area contributed by atoms with Crippen molar-refractivity contribution in [3.05, 3.63) is 54.1 Å². The second-order valence-corrected chi connectivity index (χ2v) is 7.31. The van der Waals surface area contributed by atoms with Crippen molar-refractivity contribution in [2.24, 2.45) is 11.8 Å². The van der Waals surface area contributed by atoms with Gasteiger partial charge in [0.05, 0.1) is 0 Å². The molecule has 1 aliphatic heterocycles. The van der Waals surface area contributed by atoms with Gasteiger partial charge in [0.25, 0.3) is 0 Å². The molecule has 0 unspecified atom stereocenters. The van der Waals surface area contributed by atoms with E-state index in [4.69, 9.17) is 9.47 Å². The van der Waals surface area contributed by atoms with E-state index >= 15 is 0 Å². The molecular formula is C22H24N2O4. The molecule has 6 heteroatoms. The van der Waals surface area contributed by atoms with E-state index in [0.717, 1.165) is 48.4 Å². The average Bonchev–Trinajstić information content (AvgIpc) is 3.21. The Labute approximate surface area is 164 Å². The molecular weight excluding hydrogens is 356 g/mol. The summed E-state index contributed by atoms with van der Waals surface area (Å²) >= 11 is 0. The lowest BCUT2D eigenvalue weighted by molar-refractivity contribution is -0.128. The summed E-state index contributed by atoms with van der Waals surface area (Å²) in [5.74, 6) is 1.50. The first-order valence-corrected chi connectivity index (χ1v) is 9.71. The monoisotopic (exact) mass is 380 g/mol. The molecule has 0 bridgehead atoms. The van der Waals surface area contributed by atoms with Gasteiger partial charge < -0.3 is 20.1 Å². The van der Waals surface area contributed by atoms with Crippen molar-refractivity contribution in [1.82, 2.24) is 5.32 Å². The lowest BCUT2D eigenvalue weighted by Gasteiger charge is -2.27. The largest absolute Gasteiger partial charge is 0.454 e. The van der Waals surface area contributed by atoms with Gasteiger partial charge in [-0.3, -0.25) is 9.59 Å². The van der Waals surface area contributed by atoms with Crippen molar-refractivity contribution in [3.63, 3.8) is 0 Å². The van der Waals surface area contributed by atoms with Gasteiger partial charge in [-0.1, -0.05) is 24.3 Å². The molecule has 6 nitrogen and oxygen atoms in total. The quantitative estimate of drug-likeness (QED) is 0.833. The normalized spacial score (nSPS) is 20.4. The summed E-state index contributed by atoms with van der Waals surface area (Å²) in [6.07, 6.45) is 2.95. The highest BCUT2D eigenvalue weighted by Gasteiger charge is 2.30. The van der Waals surface area contributed by atoms with Crippen LogP contribution in [0, 0.1) is 11.8 Å². The third kappa shape index (κ3) is 4.27. The summed E-state index contributed by atoms with van der Waals surface area (Å²) in [6.45, 7) is 0.704. The molecule has 1 aliphatic carbocycles. The topological polar surface area (TPSA) is 76.7 Å². The number of hydrogen-bond acceptors (Lipinski definition) is 4. The van der Waals surface area contributed by atoms with Gasteiger partial charge in [0.1, 0.15) is 0 Å². The zero-order valence-electron chi connectivity index (χ0n) is 15.6. The van der Waals surface area contributed by atoms with Gasteiger partial charge in [-0.15, -0.1) is 0 Å². The van der Waals surface area contributed by atoms with Crippen LogP contribution in [0.5, 0.6) is 11.5 Å². The Morgan fingerprint density at radius 2 is 1.54 bits per heavy atom. The molecule has 1 heterocycles. The molecule has 0 spiro atoms. The molecule has 2 aromatic carbocycles. The molecule has 0 aromatic heterocycles. The molecule has 1 saturated carbocycles. The number of carbonyl (C=O) groups is 2. The lowest BCUT2D eigenvalue weighted by Crippen LogP contribution is -2.35. The zero-order chi connectivity index (χ0) is 19.3. The molecule has 1 fully saturated rings. The summed E-state index contributed by atoms with van der Waals surface area (Å²) in [7, 11) is 0. The number of anilines is 1. The fourth-order valence-corrected chi connectivity index (χ4v) is 3.77. The maximum atomic E-state index is 12.5. The van der Waals surface area contributed by atoms with E-state index in [0.29, 0.717) is 6.54 Å². The van der Waals surface area contributed by atoms with Crippen LogP contribution in [0.3, 0.4) is 0 Å². The molecule has 2 N–H and O–H groups in total. The third-order valence-electron chi connectivity index (χ3n) is 5.41. The first kappa shape index (κ1) is 18.3. The highest BCUT2D eigenvalue weighted by atomic mass is 16.7. The zero-order valence-corrected chi connectivity index (χ0v) is 15.6. The Morgan fingerprint density at radius 3 is 2.29 bits per heavy atom. The molecule has 0 saturated heterocycles. The predicted molar refractivity (Wildman–Crippen MR) is 105 cm³/mol. The van der Waals surface area contributed by atoms with E-state index in [-0.39, 0.29) is 30.4 Å². The number of carbonyl (C=O) groups excluding carboxylic acids is 2. The fourth-order valence-electron chi connectivity index (χ4n) is 3.77. The number of para-hydroxylation sites is 1. The second-order valence-electron chi connectivity index (χ2n) is 7.31. The van der Waals surface area contributed by atoms with E-state index in [1.54, 1.807) is 0 Å². The van der Waals surface area contributed by atoms with Crippen LogP contribution in [-0.4, -0.2) is 18.6 Å². The van der Waals surface area contributed by atoms with Crippen molar-refractivity contribution >= 4 is 17.5 Å². The van der Waals surface area contributed by atoms with E-state index in [1.807, 2.05) is 48.5 Å². The Balaban J connectivity index is 1.23. The van der Waals surface area contributed by atoms with Gasteiger partial charge in [-0.25, -0.2) is 0 Å². The smallest absolute Gasteiger partial charge is 0.231 e. The maximum absolute atomic E-state index is 12.5. The van der Waals surface area contributed by atoms with Gasteiger partial charge in [-0.05, 0) is 55.5 Å². The fraction of sp³-hybridized carbons (Fsp3) is 0.364. The van der Waals surface area contributed by atoms with Crippen molar-refractivity contribution in [1.29, 1.82) is 0 Å². The molecule has 2 aromatic rings. The first-order valence-electron chi connectivity index (χ1n) is 9.71. The second kappa shape index (κ2) is 8.33. The standard InChI is InChI=1S/C22H24N2O4/c25-21(23-13-15-6-11-19-20(12-15)28-14-27-19)16-7-9-17(10-8-16)22(26)24-18-4-2-1-3-5-18/h1-6,11-12,16-17H,7-10,13-14H2,(H,23,25)(H,24,26). The van der Waals surface area contributed by atoms with Crippen LogP contribution in [0.4, 0.5) is 5.69 Å². The summed E-state index contributed by atoms with van der Waals surface area (Å²) in [5.41, 5.74) is 1.80. The minimum atomic E-state index is -0.0326. The van der Waals surface area contributed by atoms with Crippen LogP contribution in [0.2, 0.25) is 0 Å². The number of rotatable bonds is 5. The molecule has 28 heavy (non-hydrogen) atoms. The molecule has 0 atom stereocenters. The SMILES string of the molecule is O=C(NCc1ccc2c(c1)OCO2)C1CCC(C(=O)Nc2ccccc2)CC1. The first-order chi connectivity index (χ1) is 13.7. The maximum Gasteiger partial charge on any atom is 0.231 e. The van der Waals surface area contributed by atoms with Crippen molar-refractivity contribution in [2.75, 3.05) is 12.1 Å².